The first-order valence-electron chi connectivity index (χ1n) is 5.26. The van der Waals surface area contributed by atoms with Crippen LogP contribution in [0, 0.1) is 0 Å². The molecule has 88 valence electrons. The lowest BCUT2D eigenvalue weighted by Gasteiger charge is -2.05. The van der Waals surface area contributed by atoms with Gasteiger partial charge in [0.1, 0.15) is 5.69 Å². The summed E-state index contributed by atoms with van der Waals surface area (Å²) in [4.78, 5) is 15.6. The van der Waals surface area contributed by atoms with E-state index in [2.05, 4.69) is 10.3 Å². The quantitative estimate of drug-likeness (QED) is 0.901. The number of nitrogens with zero attached hydrogens (tertiary/aromatic N) is 2. The van der Waals surface area contributed by atoms with Crippen LogP contribution in [-0.4, -0.2) is 22.0 Å². The van der Waals surface area contributed by atoms with Crippen LogP contribution in [-0.2, 0) is 6.54 Å². The standard InChI is InChI=1S/C12H12ClN3O/c13-10-3-4-11(15-9-10)12(17)14-5-8-16-6-1-2-7-16/h1-4,6-7,9H,5,8H2,(H,14,17). The highest BCUT2D eigenvalue weighted by Crippen LogP contribution is 2.05. The number of aromatic nitrogens is 2. The van der Waals surface area contributed by atoms with Gasteiger partial charge >= 0.3 is 0 Å². The van der Waals surface area contributed by atoms with Crippen molar-refractivity contribution in [3.05, 3.63) is 53.6 Å². The molecule has 0 aliphatic carbocycles. The first kappa shape index (κ1) is 11.7. The Morgan fingerprint density at radius 2 is 2.12 bits per heavy atom. The minimum atomic E-state index is -0.186. The average molecular weight is 250 g/mol. The summed E-state index contributed by atoms with van der Waals surface area (Å²) < 4.78 is 2.00. The number of hydrogen-bond acceptors (Lipinski definition) is 2. The van der Waals surface area contributed by atoms with Crippen molar-refractivity contribution in [3.63, 3.8) is 0 Å². The second-order valence-electron chi connectivity index (χ2n) is 3.54. The summed E-state index contributed by atoms with van der Waals surface area (Å²) in [7, 11) is 0. The monoisotopic (exact) mass is 249 g/mol. The van der Waals surface area contributed by atoms with Gasteiger partial charge in [-0.25, -0.2) is 4.98 Å². The molecule has 2 aromatic rings. The number of amides is 1. The molecule has 0 spiro atoms. The SMILES string of the molecule is O=C(NCCn1cccc1)c1ccc(Cl)cn1. The molecule has 2 heterocycles. The second-order valence-corrected chi connectivity index (χ2v) is 3.97. The Morgan fingerprint density at radius 3 is 2.76 bits per heavy atom. The van der Waals surface area contributed by atoms with Gasteiger partial charge in [-0.3, -0.25) is 4.79 Å². The van der Waals surface area contributed by atoms with E-state index in [-0.39, 0.29) is 5.91 Å². The van der Waals surface area contributed by atoms with Crippen LogP contribution >= 0.6 is 11.6 Å². The molecule has 0 radical (unpaired) electrons. The van der Waals surface area contributed by atoms with E-state index < -0.39 is 0 Å². The molecule has 0 saturated carbocycles. The van der Waals surface area contributed by atoms with Crippen molar-refractivity contribution in [2.24, 2.45) is 0 Å². The molecule has 0 atom stereocenters. The number of halogens is 1. The first-order chi connectivity index (χ1) is 8.25. The van der Waals surface area contributed by atoms with Crippen molar-refractivity contribution in [1.82, 2.24) is 14.9 Å². The minimum Gasteiger partial charge on any atom is -0.353 e. The molecule has 0 aliphatic rings. The third-order valence-corrected chi connectivity index (χ3v) is 2.51. The molecule has 5 heteroatoms. The van der Waals surface area contributed by atoms with Crippen LogP contribution in [0.2, 0.25) is 5.02 Å². The number of pyridine rings is 1. The predicted octanol–water partition coefficient (Wildman–Crippen LogP) is 1.97. The van der Waals surface area contributed by atoms with Crippen molar-refractivity contribution < 1.29 is 4.79 Å². The zero-order chi connectivity index (χ0) is 12.1. The molecule has 2 rings (SSSR count). The Labute approximate surface area is 104 Å². The van der Waals surface area contributed by atoms with Gasteiger partial charge < -0.3 is 9.88 Å². The lowest BCUT2D eigenvalue weighted by Crippen LogP contribution is -2.27. The highest BCUT2D eigenvalue weighted by Gasteiger charge is 2.05. The van der Waals surface area contributed by atoms with Crippen LogP contribution < -0.4 is 5.32 Å². The van der Waals surface area contributed by atoms with E-state index in [1.54, 1.807) is 12.1 Å². The molecule has 1 N–H and O–H groups in total. The van der Waals surface area contributed by atoms with Crippen molar-refractivity contribution >= 4 is 17.5 Å². The summed E-state index contributed by atoms with van der Waals surface area (Å²) in [6.45, 7) is 1.31. The molecule has 4 nitrogen and oxygen atoms in total. The Kier molecular flexibility index (Phi) is 3.77. The predicted molar refractivity (Wildman–Crippen MR) is 66.0 cm³/mol. The minimum absolute atomic E-state index is 0.186. The van der Waals surface area contributed by atoms with E-state index in [1.807, 2.05) is 29.1 Å². The fourth-order valence-corrected chi connectivity index (χ4v) is 1.53. The Morgan fingerprint density at radius 1 is 1.35 bits per heavy atom. The van der Waals surface area contributed by atoms with Gasteiger partial charge in [0, 0.05) is 31.7 Å². The lowest BCUT2D eigenvalue weighted by atomic mass is 10.3. The van der Waals surface area contributed by atoms with Crippen molar-refractivity contribution in [2.75, 3.05) is 6.54 Å². The maximum atomic E-state index is 11.7. The van der Waals surface area contributed by atoms with Crippen molar-refractivity contribution in [2.45, 2.75) is 6.54 Å². The Balaban J connectivity index is 1.83. The zero-order valence-electron chi connectivity index (χ0n) is 9.14. The summed E-state index contributed by atoms with van der Waals surface area (Å²) in [5, 5.41) is 3.31. The van der Waals surface area contributed by atoms with E-state index in [9.17, 15) is 4.79 Å². The van der Waals surface area contributed by atoms with E-state index >= 15 is 0 Å². The van der Waals surface area contributed by atoms with Crippen molar-refractivity contribution in [1.29, 1.82) is 0 Å². The van der Waals surface area contributed by atoms with Crippen LogP contribution in [0.25, 0.3) is 0 Å². The summed E-state index contributed by atoms with van der Waals surface area (Å²) in [6, 6.07) is 7.15. The van der Waals surface area contributed by atoms with Crippen LogP contribution in [0.4, 0.5) is 0 Å². The van der Waals surface area contributed by atoms with E-state index in [0.717, 1.165) is 6.54 Å². The maximum absolute atomic E-state index is 11.7. The third kappa shape index (κ3) is 3.32. The molecule has 0 unspecified atom stereocenters. The largest absolute Gasteiger partial charge is 0.353 e. The van der Waals surface area contributed by atoms with Gasteiger partial charge in [0.05, 0.1) is 5.02 Å². The fraction of sp³-hybridized carbons (Fsp3) is 0.167. The number of rotatable bonds is 4. The van der Waals surface area contributed by atoms with Gasteiger partial charge in [-0.2, -0.15) is 0 Å². The lowest BCUT2D eigenvalue weighted by molar-refractivity contribution is 0.0947. The number of nitrogens with one attached hydrogen (secondary N) is 1. The molecule has 0 aliphatic heterocycles. The average Bonchev–Trinajstić information content (AvgIpc) is 2.83. The first-order valence-corrected chi connectivity index (χ1v) is 5.64. The molecule has 2 aromatic heterocycles. The van der Waals surface area contributed by atoms with Gasteiger partial charge in [-0.05, 0) is 24.3 Å². The zero-order valence-corrected chi connectivity index (χ0v) is 9.89. The second kappa shape index (κ2) is 5.50. The number of hydrogen-bond donors (Lipinski definition) is 1. The van der Waals surface area contributed by atoms with E-state index in [0.29, 0.717) is 17.3 Å². The van der Waals surface area contributed by atoms with E-state index in [1.165, 1.54) is 6.20 Å². The van der Waals surface area contributed by atoms with Gasteiger partial charge in [0.2, 0.25) is 0 Å². The van der Waals surface area contributed by atoms with Gasteiger partial charge in [-0.15, -0.1) is 0 Å². The third-order valence-electron chi connectivity index (χ3n) is 2.28. The van der Waals surface area contributed by atoms with Crippen LogP contribution in [0.15, 0.2) is 42.9 Å². The molecule has 0 fully saturated rings. The summed E-state index contributed by atoms with van der Waals surface area (Å²) in [6.07, 6.45) is 5.36. The van der Waals surface area contributed by atoms with Gasteiger partial charge in [0.25, 0.3) is 5.91 Å². The highest BCUT2D eigenvalue weighted by molar-refractivity contribution is 6.30. The van der Waals surface area contributed by atoms with Crippen LogP contribution in [0.5, 0.6) is 0 Å². The van der Waals surface area contributed by atoms with Crippen molar-refractivity contribution in [3.8, 4) is 0 Å². The van der Waals surface area contributed by atoms with Gasteiger partial charge in [0.15, 0.2) is 0 Å². The molecule has 0 aromatic carbocycles. The topological polar surface area (TPSA) is 46.9 Å². The smallest absolute Gasteiger partial charge is 0.269 e. The normalized spacial score (nSPS) is 10.2. The summed E-state index contributed by atoms with van der Waals surface area (Å²) >= 11 is 5.69. The molecule has 1 amide bonds. The molecule has 0 saturated heterocycles. The molecule has 17 heavy (non-hydrogen) atoms. The van der Waals surface area contributed by atoms with Gasteiger partial charge in [-0.1, -0.05) is 11.6 Å². The molecular formula is C12H12ClN3O. The fourth-order valence-electron chi connectivity index (χ4n) is 1.42. The van der Waals surface area contributed by atoms with Crippen LogP contribution in [0.1, 0.15) is 10.5 Å². The maximum Gasteiger partial charge on any atom is 0.269 e. The summed E-state index contributed by atoms with van der Waals surface area (Å²) in [5.41, 5.74) is 0.377. The molecule has 0 bridgehead atoms. The van der Waals surface area contributed by atoms with Crippen LogP contribution in [0.3, 0.4) is 0 Å². The number of carbonyl (C=O) groups excluding carboxylic acids is 1. The number of carbonyl (C=O) groups is 1. The van der Waals surface area contributed by atoms with E-state index in [4.69, 9.17) is 11.6 Å². The summed E-state index contributed by atoms with van der Waals surface area (Å²) in [5.74, 6) is -0.186. The Bertz CT molecular complexity index is 479. The Hall–Kier alpha value is -1.81. The highest BCUT2D eigenvalue weighted by atomic mass is 35.5. The molecular weight excluding hydrogens is 238 g/mol.